The second-order valence-corrected chi connectivity index (χ2v) is 7.85. The number of nitrogens with zero attached hydrogens (tertiary/aromatic N) is 2. The highest BCUT2D eigenvalue weighted by molar-refractivity contribution is 5.97. The Morgan fingerprint density at radius 3 is 2.67 bits per heavy atom. The normalized spacial score (nSPS) is 23.4. The van der Waals surface area contributed by atoms with Crippen molar-refractivity contribution in [2.75, 3.05) is 39.3 Å². The third kappa shape index (κ3) is 5.98. The topological polar surface area (TPSA) is 32.8 Å². The summed E-state index contributed by atoms with van der Waals surface area (Å²) in [4.78, 5) is 16.4. The second-order valence-electron chi connectivity index (χ2n) is 7.85. The maximum atomic E-state index is 13.5. The van der Waals surface area contributed by atoms with Crippen molar-refractivity contribution >= 4 is 5.78 Å². The Kier molecular flexibility index (Phi) is 6.82. The molecule has 0 amide bonds. The number of Topliss-reactive ketones (excluding diaryl/α,β-unsaturated/α-hetero) is 1. The van der Waals surface area contributed by atoms with Crippen LogP contribution in [0.15, 0.2) is 24.3 Å². The standard InChI is InChI=1S/C21H30F2N2O2/c1-17-5-2-12-25(17)13-4-14-27-19-8-6-18(7-9-19)20(26)15-24-11-3-10-21(22,23)16-24/h6-9,17H,2-5,10-16H2,1H3/t17-/m1/s1. The van der Waals surface area contributed by atoms with Crippen molar-refractivity contribution in [3.05, 3.63) is 29.8 Å². The number of halogens is 2. The van der Waals surface area contributed by atoms with Crippen LogP contribution in [0, 0.1) is 0 Å². The Balaban J connectivity index is 1.40. The molecule has 2 fully saturated rings. The van der Waals surface area contributed by atoms with E-state index in [-0.39, 0.29) is 25.3 Å². The molecule has 0 aromatic heterocycles. The lowest BCUT2D eigenvalue weighted by molar-refractivity contribution is -0.0614. The van der Waals surface area contributed by atoms with Crippen LogP contribution >= 0.6 is 0 Å². The molecule has 6 heteroatoms. The fraction of sp³-hybridized carbons (Fsp3) is 0.667. The number of benzene rings is 1. The molecule has 0 aliphatic carbocycles. The number of rotatable bonds is 8. The molecule has 1 aromatic carbocycles. The number of alkyl halides is 2. The lowest BCUT2D eigenvalue weighted by Crippen LogP contribution is -2.44. The van der Waals surface area contributed by atoms with Gasteiger partial charge in [-0.15, -0.1) is 0 Å². The van der Waals surface area contributed by atoms with E-state index in [0.29, 0.717) is 31.2 Å². The van der Waals surface area contributed by atoms with E-state index in [1.54, 1.807) is 29.2 Å². The molecule has 1 aromatic rings. The molecule has 150 valence electrons. The minimum Gasteiger partial charge on any atom is -0.494 e. The van der Waals surface area contributed by atoms with Gasteiger partial charge < -0.3 is 9.64 Å². The Bertz CT molecular complexity index is 621. The van der Waals surface area contributed by atoms with Crippen LogP contribution in [0.5, 0.6) is 5.75 Å². The second kappa shape index (κ2) is 9.11. The first-order valence-electron chi connectivity index (χ1n) is 10.0. The van der Waals surface area contributed by atoms with Crippen LogP contribution in [0.1, 0.15) is 49.4 Å². The molecule has 2 aliphatic heterocycles. The zero-order valence-electron chi connectivity index (χ0n) is 16.1. The molecule has 27 heavy (non-hydrogen) atoms. The number of piperidine rings is 1. The van der Waals surface area contributed by atoms with Gasteiger partial charge in [0.05, 0.1) is 19.7 Å². The van der Waals surface area contributed by atoms with Crippen molar-refractivity contribution in [2.24, 2.45) is 0 Å². The fourth-order valence-electron chi connectivity index (χ4n) is 4.00. The highest BCUT2D eigenvalue weighted by atomic mass is 19.3. The number of ether oxygens (including phenoxy) is 1. The zero-order chi connectivity index (χ0) is 19.3. The van der Waals surface area contributed by atoms with Crippen LogP contribution in [0.4, 0.5) is 8.78 Å². The predicted molar refractivity (Wildman–Crippen MR) is 102 cm³/mol. The van der Waals surface area contributed by atoms with Crippen LogP contribution in [-0.2, 0) is 0 Å². The largest absolute Gasteiger partial charge is 0.494 e. The molecule has 0 radical (unpaired) electrons. The van der Waals surface area contributed by atoms with E-state index in [1.807, 2.05) is 0 Å². The van der Waals surface area contributed by atoms with Gasteiger partial charge in [0.25, 0.3) is 5.92 Å². The lowest BCUT2D eigenvalue weighted by Gasteiger charge is -2.31. The van der Waals surface area contributed by atoms with Crippen molar-refractivity contribution in [3.8, 4) is 5.75 Å². The van der Waals surface area contributed by atoms with Crippen LogP contribution in [0.25, 0.3) is 0 Å². The van der Waals surface area contributed by atoms with Gasteiger partial charge >= 0.3 is 0 Å². The molecule has 2 saturated heterocycles. The number of likely N-dealkylation sites (tertiary alicyclic amines) is 2. The molecule has 0 saturated carbocycles. The minimum absolute atomic E-state index is 0.0454. The number of carbonyl (C=O) groups is 1. The van der Waals surface area contributed by atoms with Crippen molar-refractivity contribution < 1.29 is 18.3 Å². The SMILES string of the molecule is C[C@@H]1CCCN1CCCOc1ccc(C(=O)CN2CCCC(F)(F)C2)cc1. The number of ketones is 1. The summed E-state index contributed by atoms with van der Waals surface area (Å²) in [6.45, 7) is 5.44. The van der Waals surface area contributed by atoms with Gasteiger partial charge in [0, 0.05) is 24.6 Å². The summed E-state index contributed by atoms with van der Waals surface area (Å²) in [5.74, 6) is -2.06. The lowest BCUT2D eigenvalue weighted by atomic mass is 10.1. The van der Waals surface area contributed by atoms with Crippen LogP contribution in [0.2, 0.25) is 0 Å². The van der Waals surface area contributed by atoms with Crippen molar-refractivity contribution in [1.82, 2.24) is 9.80 Å². The van der Waals surface area contributed by atoms with Crippen molar-refractivity contribution in [2.45, 2.75) is 51.0 Å². The van der Waals surface area contributed by atoms with Crippen molar-refractivity contribution in [3.63, 3.8) is 0 Å². The summed E-state index contributed by atoms with van der Waals surface area (Å²) in [5, 5.41) is 0. The molecular formula is C21H30F2N2O2. The summed E-state index contributed by atoms with van der Waals surface area (Å²) < 4.78 is 32.7. The zero-order valence-corrected chi connectivity index (χ0v) is 16.1. The molecule has 1 atom stereocenters. The molecule has 2 aliphatic rings. The van der Waals surface area contributed by atoms with Gasteiger partial charge in [-0.25, -0.2) is 8.78 Å². The average Bonchev–Trinajstić information content (AvgIpc) is 3.03. The van der Waals surface area contributed by atoms with Gasteiger partial charge in [-0.1, -0.05) is 0 Å². The summed E-state index contributed by atoms with van der Waals surface area (Å²) in [6, 6.07) is 7.70. The van der Waals surface area contributed by atoms with E-state index in [0.717, 1.165) is 18.7 Å². The first-order valence-corrected chi connectivity index (χ1v) is 10.0. The summed E-state index contributed by atoms with van der Waals surface area (Å²) >= 11 is 0. The van der Waals surface area contributed by atoms with Gasteiger partial charge in [0.2, 0.25) is 0 Å². The summed E-state index contributed by atoms with van der Waals surface area (Å²) in [5.41, 5.74) is 0.544. The van der Waals surface area contributed by atoms with Gasteiger partial charge in [-0.05, 0) is 70.0 Å². The summed E-state index contributed by atoms with van der Waals surface area (Å²) in [6.07, 6.45) is 3.90. The van der Waals surface area contributed by atoms with E-state index < -0.39 is 5.92 Å². The first-order chi connectivity index (χ1) is 12.9. The van der Waals surface area contributed by atoms with E-state index in [9.17, 15) is 13.6 Å². The van der Waals surface area contributed by atoms with Gasteiger partial charge in [0.1, 0.15) is 5.75 Å². The van der Waals surface area contributed by atoms with Crippen LogP contribution in [0.3, 0.4) is 0 Å². The molecule has 0 spiro atoms. The third-order valence-electron chi connectivity index (χ3n) is 5.56. The van der Waals surface area contributed by atoms with Gasteiger partial charge in [0.15, 0.2) is 5.78 Å². The Hall–Kier alpha value is -1.53. The Morgan fingerprint density at radius 2 is 2.00 bits per heavy atom. The Labute approximate surface area is 160 Å². The van der Waals surface area contributed by atoms with E-state index in [2.05, 4.69) is 11.8 Å². The third-order valence-corrected chi connectivity index (χ3v) is 5.56. The maximum absolute atomic E-state index is 13.5. The molecule has 0 N–H and O–H groups in total. The molecule has 3 rings (SSSR count). The van der Waals surface area contributed by atoms with E-state index in [1.165, 1.54) is 19.4 Å². The van der Waals surface area contributed by atoms with Crippen LogP contribution < -0.4 is 4.74 Å². The fourth-order valence-corrected chi connectivity index (χ4v) is 4.00. The Morgan fingerprint density at radius 1 is 1.22 bits per heavy atom. The summed E-state index contributed by atoms with van der Waals surface area (Å²) in [7, 11) is 0. The number of hydrogen-bond donors (Lipinski definition) is 0. The van der Waals surface area contributed by atoms with Crippen molar-refractivity contribution in [1.29, 1.82) is 0 Å². The smallest absolute Gasteiger partial charge is 0.260 e. The van der Waals surface area contributed by atoms with E-state index in [4.69, 9.17) is 4.74 Å². The quantitative estimate of drug-likeness (QED) is 0.507. The highest BCUT2D eigenvalue weighted by Gasteiger charge is 2.35. The van der Waals surface area contributed by atoms with E-state index >= 15 is 0 Å². The number of hydrogen-bond acceptors (Lipinski definition) is 4. The number of carbonyl (C=O) groups excluding carboxylic acids is 1. The highest BCUT2D eigenvalue weighted by Crippen LogP contribution is 2.26. The minimum atomic E-state index is -2.68. The monoisotopic (exact) mass is 380 g/mol. The molecule has 2 heterocycles. The maximum Gasteiger partial charge on any atom is 0.260 e. The molecule has 0 bridgehead atoms. The first kappa shape index (κ1) is 20.2. The van der Waals surface area contributed by atoms with Crippen LogP contribution in [-0.4, -0.2) is 66.9 Å². The van der Waals surface area contributed by atoms with Gasteiger partial charge in [-0.3, -0.25) is 9.69 Å². The predicted octanol–water partition coefficient (Wildman–Crippen LogP) is 3.85. The molecule has 4 nitrogen and oxygen atoms in total. The molecular weight excluding hydrogens is 350 g/mol. The molecule has 0 unspecified atom stereocenters. The van der Waals surface area contributed by atoms with Gasteiger partial charge in [-0.2, -0.15) is 0 Å². The average molecular weight is 380 g/mol.